The maximum atomic E-state index is 12.6. The van der Waals surface area contributed by atoms with Gasteiger partial charge in [0.2, 0.25) is 5.91 Å². The first kappa shape index (κ1) is 19.4. The van der Waals surface area contributed by atoms with Crippen LogP contribution in [-0.4, -0.2) is 42.6 Å². The highest BCUT2D eigenvalue weighted by Crippen LogP contribution is 2.44. The molecule has 2 aromatic rings. The number of hydrogen-bond donors (Lipinski definition) is 2. The van der Waals surface area contributed by atoms with Gasteiger partial charge in [-0.15, -0.1) is 0 Å². The van der Waals surface area contributed by atoms with Gasteiger partial charge in [-0.1, -0.05) is 42.5 Å². The minimum atomic E-state index is 0.133. The molecule has 4 heteroatoms. The second-order valence-electron chi connectivity index (χ2n) is 7.85. The van der Waals surface area contributed by atoms with Crippen molar-refractivity contribution in [3.05, 3.63) is 65.7 Å². The lowest BCUT2D eigenvalue weighted by Gasteiger charge is -2.25. The van der Waals surface area contributed by atoms with E-state index in [4.69, 9.17) is 0 Å². The van der Waals surface area contributed by atoms with Crippen molar-refractivity contribution < 1.29 is 9.90 Å². The molecule has 0 unspecified atom stereocenters. The van der Waals surface area contributed by atoms with Gasteiger partial charge in [0.05, 0.1) is 0 Å². The predicted octanol–water partition coefficient (Wildman–Crippen LogP) is 3.57. The van der Waals surface area contributed by atoms with Gasteiger partial charge in [0.1, 0.15) is 5.75 Å². The lowest BCUT2D eigenvalue weighted by Crippen LogP contribution is -2.42. The Morgan fingerprint density at radius 1 is 1.11 bits per heavy atom. The van der Waals surface area contributed by atoms with E-state index >= 15 is 0 Å². The van der Waals surface area contributed by atoms with E-state index < -0.39 is 0 Å². The molecule has 27 heavy (non-hydrogen) atoms. The summed E-state index contributed by atoms with van der Waals surface area (Å²) in [6.07, 6.45) is 3.86. The van der Waals surface area contributed by atoms with E-state index in [2.05, 4.69) is 34.5 Å². The third-order valence-corrected chi connectivity index (χ3v) is 5.50. The zero-order chi connectivity index (χ0) is 19.2. The van der Waals surface area contributed by atoms with E-state index in [0.717, 1.165) is 12.0 Å². The summed E-state index contributed by atoms with van der Waals surface area (Å²) in [6, 6.07) is 17.9. The average Bonchev–Trinajstić information content (AvgIpc) is 3.50. The van der Waals surface area contributed by atoms with E-state index in [-0.39, 0.29) is 17.7 Å². The molecule has 1 aliphatic carbocycles. The topological polar surface area (TPSA) is 52.6 Å². The molecule has 0 heterocycles. The number of phenols is 1. The molecule has 4 nitrogen and oxygen atoms in total. The van der Waals surface area contributed by atoms with Gasteiger partial charge in [0.25, 0.3) is 0 Å². The van der Waals surface area contributed by atoms with Crippen LogP contribution in [0.5, 0.6) is 5.75 Å². The van der Waals surface area contributed by atoms with E-state index in [1.807, 2.05) is 32.3 Å². The lowest BCUT2D eigenvalue weighted by atomic mass is 9.90. The van der Waals surface area contributed by atoms with Crippen molar-refractivity contribution in [1.29, 1.82) is 0 Å². The van der Waals surface area contributed by atoms with Crippen molar-refractivity contribution in [2.24, 2.45) is 5.92 Å². The number of benzene rings is 2. The van der Waals surface area contributed by atoms with Gasteiger partial charge < -0.3 is 15.3 Å². The first-order valence-electron chi connectivity index (χ1n) is 9.79. The zero-order valence-corrected chi connectivity index (χ0v) is 16.3. The number of carbonyl (C=O) groups is 1. The summed E-state index contributed by atoms with van der Waals surface area (Å²) in [6.45, 7) is 0.624. The van der Waals surface area contributed by atoms with Crippen molar-refractivity contribution in [3.8, 4) is 5.75 Å². The Kier molecular flexibility index (Phi) is 6.51. The minimum absolute atomic E-state index is 0.133. The molecule has 1 fully saturated rings. The van der Waals surface area contributed by atoms with Crippen molar-refractivity contribution in [2.75, 3.05) is 20.6 Å². The molecular weight excluding hydrogens is 336 g/mol. The van der Waals surface area contributed by atoms with Gasteiger partial charge in [-0.2, -0.15) is 0 Å². The van der Waals surface area contributed by atoms with E-state index in [9.17, 15) is 9.90 Å². The highest BCUT2D eigenvalue weighted by molar-refractivity contribution is 5.77. The molecule has 0 bridgehead atoms. The van der Waals surface area contributed by atoms with Crippen LogP contribution < -0.4 is 5.32 Å². The summed E-state index contributed by atoms with van der Waals surface area (Å²) in [5.41, 5.74) is 2.43. The Hall–Kier alpha value is -2.33. The summed E-state index contributed by atoms with van der Waals surface area (Å²) in [7, 11) is 4.07. The molecule has 2 aromatic carbocycles. The predicted molar refractivity (Wildman–Crippen MR) is 109 cm³/mol. The van der Waals surface area contributed by atoms with E-state index in [1.54, 1.807) is 12.1 Å². The zero-order valence-electron chi connectivity index (χ0n) is 16.3. The van der Waals surface area contributed by atoms with Crippen molar-refractivity contribution in [3.63, 3.8) is 0 Å². The molecule has 144 valence electrons. The molecule has 0 spiro atoms. The van der Waals surface area contributed by atoms with Crippen LogP contribution in [0.1, 0.15) is 36.3 Å². The van der Waals surface area contributed by atoms with Gasteiger partial charge in [-0.3, -0.25) is 4.79 Å². The Labute approximate surface area is 162 Å². The first-order valence-corrected chi connectivity index (χ1v) is 9.79. The van der Waals surface area contributed by atoms with Crippen LogP contribution in [-0.2, 0) is 11.2 Å². The smallest absolute Gasteiger partial charge is 0.220 e. The molecule has 0 radical (unpaired) electrons. The average molecular weight is 367 g/mol. The van der Waals surface area contributed by atoms with Gasteiger partial charge in [-0.05, 0) is 68.5 Å². The summed E-state index contributed by atoms with van der Waals surface area (Å²) < 4.78 is 0. The summed E-state index contributed by atoms with van der Waals surface area (Å²) in [5, 5.41) is 12.6. The Balaban J connectivity index is 1.54. The third-order valence-electron chi connectivity index (χ3n) is 5.50. The summed E-state index contributed by atoms with van der Waals surface area (Å²) >= 11 is 0. The molecule has 1 amide bonds. The maximum absolute atomic E-state index is 12.6. The van der Waals surface area contributed by atoms with Crippen LogP contribution in [0.15, 0.2) is 54.6 Å². The second-order valence-corrected chi connectivity index (χ2v) is 7.85. The van der Waals surface area contributed by atoms with Crippen LogP contribution in [0, 0.1) is 5.92 Å². The van der Waals surface area contributed by atoms with Crippen LogP contribution in [0.25, 0.3) is 0 Å². The molecule has 2 atom stereocenters. The van der Waals surface area contributed by atoms with Crippen molar-refractivity contribution in [2.45, 2.75) is 37.6 Å². The molecule has 1 aliphatic rings. The maximum Gasteiger partial charge on any atom is 0.220 e. The number of phenolic OH excluding ortho intramolecular Hbond substituents is 1. The van der Waals surface area contributed by atoms with Crippen LogP contribution in [0.3, 0.4) is 0 Å². The summed E-state index contributed by atoms with van der Waals surface area (Å²) in [4.78, 5) is 14.8. The normalized spacial score (nSPS) is 16.1. The molecule has 0 aromatic heterocycles. The SMILES string of the molecule is CN(C)[C@H](CNC(=O)C[C@@H](c1ccccc1)C1CC1)Cc1ccc(O)cc1. The fourth-order valence-corrected chi connectivity index (χ4v) is 3.60. The number of likely N-dealkylation sites (N-methyl/N-ethyl adjacent to an activating group) is 1. The van der Waals surface area contributed by atoms with Crippen molar-refractivity contribution in [1.82, 2.24) is 10.2 Å². The van der Waals surface area contributed by atoms with Gasteiger partial charge in [-0.25, -0.2) is 0 Å². The largest absolute Gasteiger partial charge is 0.508 e. The minimum Gasteiger partial charge on any atom is -0.508 e. The van der Waals surface area contributed by atoms with Gasteiger partial charge in [0.15, 0.2) is 0 Å². The Morgan fingerprint density at radius 3 is 2.37 bits per heavy atom. The Morgan fingerprint density at radius 2 is 1.78 bits per heavy atom. The van der Waals surface area contributed by atoms with E-state index in [0.29, 0.717) is 24.8 Å². The highest BCUT2D eigenvalue weighted by Gasteiger charge is 2.33. The number of aromatic hydroxyl groups is 1. The quantitative estimate of drug-likeness (QED) is 0.713. The number of hydrogen-bond acceptors (Lipinski definition) is 3. The molecule has 0 saturated heterocycles. The number of nitrogens with one attached hydrogen (secondary N) is 1. The standard InChI is InChI=1S/C23H30N2O2/c1-25(2)20(14-17-8-12-21(26)13-9-17)16-24-23(27)15-22(19-10-11-19)18-6-4-3-5-7-18/h3-9,12-13,19-20,22,26H,10-11,14-16H2,1-2H3,(H,24,27)/t20-,22-/m0/s1. The molecule has 0 aliphatic heterocycles. The first-order chi connectivity index (χ1) is 13.0. The molecule has 3 rings (SSSR count). The lowest BCUT2D eigenvalue weighted by molar-refractivity contribution is -0.121. The second kappa shape index (κ2) is 9.05. The molecule has 2 N–H and O–H groups in total. The molecular formula is C23H30N2O2. The van der Waals surface area contributed by atoms with Crippen molar-refractivity contribution >= 4 is 5.91 Å². The van der Waals surface area contributed by atoms with Crippen LogP contribution >= 0.6 is 0 Å². The van der Waals surface area contributed by atoms with E-state index in [1.165, 1.54) is 18.4 Å². The monoisotopic (exact) mass is 366 g/mol. The third kappa shape index (κ3) is 5.83. The number of carbonyl (C=O) groups excluding carboxylic acids is 1. The summed E-state index contributed by atoms with van der Waals surface area (Å²) in [5.74, 6) is 1.40. The number of amides is 1. The van der Waals surface area contributed by atoms with Gasteiger partial charge >= 0.3 is 0 Å². The number of rotatable bonds is 9. The fourth-order valence-electron chi connectivity index (χ4n) is 3.60. The molecule has 1 saturated carbocycles. The van der Waals surface area contributed by atoms with Crippen LogP contribution in [0.2, 0.25) is 0 Å². The fraction of sp³-hybridized carbons (Fsp3) is 0.435. The number of nitrogens with zero attached hydrogens (tertiary/aromatic N) is 1. The highest BCUT2D eigenvalue weighted by atomic mass is 16.3. The Bertz CT molecular complexity index is 724. The van der Waals surface area contributed by atoms with Gasteiger partial charge in [0, 0.05) is 19.0 Å². The van der Waals surface area contributed by atoms with Crippen LogP contribution in [0.4, 0.5) is 0 Å².